The van der Waals surface area contributed by atoms with E-state index in [2.05, 4.69) is 5.32 Å². The Kier molecular flexibility index (Phi) is 6.83. The molecule has 1 aliphatic heterocycles. The van der Waals surface area contributed by atoms with Gasteiger partial charge in [0.05, 0.1) is 4.90 Å². The van der Waals surface area contributed by atoms with E-state index in [-0.39, 0.29) is 10.8 Å². The molecule has 164 valence electrons. The van der Waals surface area contributed by atoms with Crippen LogP contribution in [0, 0.1) is 0 Å². The molecule has 1 aliphatic rings. The van der Waals surface area contributed by atoms with Crippen LogP contribution in [0.3, 0.4) is 0 Å². The van der Waals surface area contributed by atoms with Gasteiger partial charge in [0.25, 0.3) is 5.91 Å². The van der Waals surface area contributed by atoms with Crippen molar-refractivity contribution in [3.05, 3.63) is 96.1 Å². The first-order chi connectivity index (χ1) is 15.5. The van der Waals surface area contributed by atoms with E-state index < -0.39 is 10.0 Å². The largest absolute Gasteiger partial charge is 0.322 e. The Labute approximate surface area is 189 Å². The molecule has 3 aromatic carbocycles. The Hall–Kier alpha value is -3.22. The van der Waals surface area contributed by atoms with Gasteiger partial charge in [0.1, 0.15) is 0 Å². The highest BCUT2D eigenvalue weighted by Gasteiger charge is 2.25. The third-order valence-electron chi connectivity index (χ3n) is 5.50. The van der Waals surface area contributed by atoms with E-state index >= 15 is 0 Å². The number of carbonyl (C=O) groups excluding carboxylic acids is 1. The number of sulfonamides is 1. The summed E-state index contributed by atoms with van der Waals surface area (Å²) in [5.74, 6) is -0.258. The molecule has 4 rings (SSSR count). The Balaban J connectivity index is 1.55. The van der Waals surface area contributed by atoms with Crippen LogP contribution in [-0.4, -0.2) is 31.7 Å². The van der Waals surface area contributed by atoms with E-state index in [4.69, 9.17) is 0 Å². The monoisotopic (exact) mass is 446 g/mol. The van der Waals surface area contributed by atoms with E-state index in [9.17, 15) is 13.2 Å². The average Bonchev–Trinajstić information content (AvgIpc) is 2.84. The zero-order valence-electron chi connectivity index (χ0n) is 17.8. The molecule has 1 heterocycles. The summed E-state index contributed by atoms with van der Waals surface area (Å²) in [5, 5.41) is 2.90. The first-order valence-corrected chi connectivity index (χ1v) is 12.2. The summed E-state index contributed by atoms with van der Waals surface area (Å²) in [7, 11) is -3.50. The number of piperidine rings is 1. The minimum absolute atomic E-state index is 0.250. The molecule has 0 atom stereocenters. The van der Waals surface area contributed by atoms with Crippen molar-refractivity contribution in [1.82, 2.24) is 4.31 Å². The second kappa shape index (κ2) is 9.94. The Morgan fingerprint density at radius 1 is 0.781 bits per heavy atom. The predicted molar refractivity (Wildman–Crippen MR) is 128 cm³/mol. The number of rotatable bonds is 6. The molecular weight excluding hydrogens is 420 g/mol. The molecule has 1 amide bonds. The van der Waals surface area contributed by atoms with Gasteiger partial charge in [0, 0.05) is 24.4 Å². The second-order valence-corrected chi connectivity index (χ2v) is 9.72. The van der Waals surface area contributed by atoms with Crippen molar-refractivity contribution in [2.45, 2.75) is 24.2 Å². The molecule has 0 radical (unpaired) electrons. The first kappa shape index (κ1) is 22.0. The van der Waals surface area contributed by atoms with Gasteiger partial charge in [-0.1, -0.05) is 67.1 Å². The number of anilines is 1. The van der Waals surface area contributed by atoms with Crippen molar-refractivity contribution in [3.63, 3.8) is 0 Å². The van der Waals surface area contributed by atoms with Gasteiger partial charge in [-0.15, -0.1) is 0 Å². The van der Waals surface area contributed by atoms with Crippen LogP contribution in [0.2, 0.25) is 0 Å². The molecule has 6 heteroatoms. The number of hydrogen-bond acceptors (Lipinski definition) is 3. The van der Waals surface area contributed by atoms with Crippen LogP contribution in [0.15, 0.2) is 89.8 Å². The molecular formula is C26H26N2O3S. The van der Waals surface area contributed by atoms with Gasteiger partial charge in [-0.2, -0.15) is 4.31 Å². The van der Waals surface area contributed by atoms with Crippen molar-refractivity contribution in [2.24, 2.45) is 0 Å². The van der Waals surface area contributed by atoms with E-state index in [1.165, 1.54) is 0 Å². The maximum atomic E-state index is 13.1. The quantitative estimate of drug-likeness (QED) is 0.426. The Bertz CT molecular complexity index is 1180. The van der Waals surface area contributed by atoms with E-state index in [0.29, 0.717) is 24.4 Å². The molecule has 0 saturated carbocycles. The summed E-state index contributed by atoms with van der Waals surface area (Å²) in [6, 6.07) is 25.5. The topological polar surface area (TPSA) is 66.5 Å². The fourth-order valence-corrected chi connectivity index (χ4v) is 5.29. The lowest BCUT2D eigenvalue weighted by molar-refractivity contribution is -0.111. The lowest BCUT2D eigenvalue weighted by Crippen LogP contribution is -2.35. The number of nitrogens with zero attached hydrogens (tertiary/aromatic N) is 1. The number of benzene rings is 3. The molecule has 1 fully saturated rings. The zero-order valence-corrected chi connectivity index (χ0v) is 18.6. The van der Waals surface area contributed by atoms with Gasteiger partial charge in [0.15, 0.2) is 0 Å². The Morgan fingerprint density at radius 2 is 1.38 bits per heavy atom. The molecule has 0 bridgehead atoms. The molecule has 0 unspecified atom stereocenters. The second-order valence-electron chi connectivity index (χ2n) is 7.78. The molecule has 1 N–H and O–H groups in total. The lowest BCUT2D eigenvalue weighted by Gasteiger charge is -2.25. The zero-order chi connectivity index (χ0) is 22.4. The summed E-state index contributed by atoms with van der Waals surface area (Å²) >= 11 is 0. The van der Waals surface area contributed by atoms with Crippen LogP contribution in [0.5, 0.6) is 0 Å². The van der Waals surface area contributed by atoms with Crippen LogP contribution in [0.1, 0.15) is 30.4 Å². The molecule has 5 nitrogen and oxygen atoms in total. The first-order valence-electron chi connectivity index (χ1n) is 10.8. The SMILES string of the molecule is O=C(Nc1ccc(S(=O)(=O)N2CCCCC2)cc1)C(=Cc1ccccc1)c1ccccc1. The van der Waals surface area contributed by atoms with Gasteiger partial charge in [-0.3, -0.25) is 4.79 Å². The normalized spacial score (nSPS) is 15.3. The van der Waals surface area contributed by atoms with Crippen molar-refractivity contribution < 1.29 is 13.2 Å². The van der Waals surface area contributed by atoms with Crippen molar-refractivity contribution in [2.75, 3.05) is 18.4 Å². The number of carbonyl (C=O) groups is 1. The van der Waals surface area contributed by atoms with E-state index in [0.717, 1.165) is 30.4 Å². The average molecular weight is 447 g/mol. The minimum Gasteiger partial charge on any atom is -0.322 e. The molecule has 3 aromatic rings. The molecule has 0 aliphatic carbocycles. The minimum atomic E-state index is -3.50. The summed E-state index contributed by atoms with van der Waals surface area (Å²) in [6.45, 7) is 1.12. The van der Waals surface area contributed by atoms with Gasteiger partial charge in [-0.05, 0) is 54.3 Å². The number of amides is 1. The summed E-state index contributed by atoms with van der Waals surface area (Å²) < 4.78 is 27.2. The molecule has 1 saturated heterocycles. The van der Waals surface area contributed by atoms with Crippen LogP contribution < -0.4 is 5.32 Å². The third kappa shape index (κ3) is 5.15. The van der Waals surface area contributed by atoms with Gasteiger partial charge < -0.3 is 5.32 Å². The molecule has 0 aromatic heterocycles. The highest BCUT2D eigenvalue weighted by Crippen LogP contribution is 2.24. The highest BCUT2D eigenvalue weighted by atomic mass is 32.2. The maximum Gasteiger partial charge on any atom is 0.256 e. The van der Waals surface area contributed by atoms with Crippen LogP contribution in [0.4, 0.5) is 5.69 Å². The summed E-state index contributed by atoms with van der Waals surface area (Å²) in [5.41, 5.74) is 2.80. The predicted octanol–water partition coefficient (Wildman–Crippen LogP) is 5.04. The smallest absolute Gasteiger partial charge is 0.256 e. The van der Waals surface area contributed by atoms with Crippen LogP contribution in [-0.2, 0) is 14.8 Å². The fraction of sp³-hybridized carbons (Fsp3) is 0.192. The highest BCUT2D eigenvalue weighted by molar-refractivity contribution is 7.89. The van der Waals surface area contributed by atoms with Gasteiger partial charge >= 0.3 is 0 Å². The van der Waals surface area contributed by atoms with Crippen LogP contribution in [0.25, 0.3) is 11.6 Å². The fourth-order valence-electron chi connectivity index (χ4n) is 3.78. The van der Waals surface area contributed by atoms with Gasteiger partial charge in [0.2, 0.25) is 10.0 Å². The van der Waals surface area contributed by atoms with Crippen LogP contribution >= 0.6 is 0 Å². The third-order valence-corrected chi connectivity index (χ3v) is 7.42. The van der Waals surface area contributed by atoms with Crippen molar-refractivity contribution >= 4 is 33.3 Å². The number of nitrogens with one attached hydrogen (secondary N) is 1. The van der Waals surface area contributed by atoms with Gasteiger partial charge in [-0.25, -0.2) is 8.42 Å². The summed E-state index contributed by atoms with van der Waals surface area (Å²) in [4.78, 5) is 13.4. The Morgan fingerprint density at radius 3 is 2.00 bits per heavy atom. The molecule has 32 heavy (non-hydrogen) atoms. The van der Waals surface area contributed by atoms with Crippen molar-refractivity contribution in [1.29, 1.82) is 0 Å². The standard InChI is InChI=1S/C26H26N2O3S/c29-26(25(22-12-6-2-7-13-22)20-21-10-4-1-5-11-21)27-23-14-16-24(17-15-23)32(30,31)28-18-8-3-9-19-28/h1-2,4-7,10-17,20H,3,8-9,18-19H2,(H,27,29). The lowest BCUT2D eigenvalue weighted by atomic mass is 10.0. The van der Waals surface area contributed by atoms with E-state index in [1.54, 1.807) is 28.6 Å². The summed E-state index contributed by atoms with van der Waals surface area (Å²) in [6.07, 6.45) is 4.70. The maximum absolute atomic E-state index is 13.1. The number of hydrogen-bond donors (Lipinski definition) is 1. The van der Waals surface area contributed by atoms with Crippen molar-refractivity contribution in [3.8, 4) is 0 Å². The molecule has 0 spiro atoms. The van der Waals surface area contributed by atoms with E-state index in [1.807, 2.05) is 66.7 Å².